The number of benzene rings is 5. The predicted octanol–water partition coefficient (Wildman–Crippen LogP) is 6.07. The minimum Gasteiger partial charge on any atom is -0.489 e. The molecule has 12 nitrogen and oxygen atoms in total. The number of nitrogens with one attached hydrogen (secondary N) is 3. The second kappa shape index (κ2) is 21.3. The highest BCUT2D eigenvalue weighted by Crippen LogP contribution is 2.29. The lowest BCUT2D eigenvalue weighted by atomic mass is 10.0. The predicted molar refractivity (Wildman–Crippen MR) is 218 cm³/mol. The maximum Gasteiger partial charge on any atom is 0.329 e. The molecule has 3 N–H and O–H groups in total. The molecule has 12 heteroatoms. The van der Waals surface area contributed by atoms with Gasteiger partial charge < -0.3 is 24.4 Å². The summed E-state index contributed by atoms with van der Waals surface area (Å²) >= 11 is 0. The molecule has 5 aromatic carbocycles. The summed E-state index contributed by atoms with van der Waals surface area (Å²) in [4.78, 5) is 42.8. The number of likely N-dealkylation sites (N-methyl/N-ethyl adjacent to an activating group) is 2. The zero-order chi connectivity index (χ0) is 39.7. The van der Waals surface area contributed by atoms with Crippen molar-refractivity contribution in [2.75, 3.05) is 45.3 Å². The zero-order valence-corrected chi connectivity index (χ0v) is 32.5. The van der Waals surface area contributed by atoms with Crippen LogP contribution in [0, 0.1) is 0 Å². The molecular weight excluding hydrogens is 709 g/mol. The van der Waals surface area contributed by atoms with Crippen molar-refractivity contribution < 1.29 is 28.6 Å². The molecule has 0 radical (unpaired) electrons. The number of amides is 4. The van der Waals surface area contributed by atoms with Crippen LogP contribution in [0.2, 0.25) is 0 Å². The number of nitrogens with zero attached hydrogens (tertiary/aromatic N) is 3. The van der Waals surface area contributed by atoms with Crippen molar-refractivity contribution in [3.63, 3.8) is 0 Å². The zero-order valence-electron chi connectivity index (χ0n) is 32.5. The molecule has 0 aromatic heterocycles. The van der Waals surface area contributed by atoms with Crippen LogP contribution in [0.5, 0.6) is 5.75 Å². The quantitative estimate of drug-likeness (QED) is 0.0646. The van der Waals surface area contributed by atoms with Crippen LogP contribution in [-0.4, -0.2) is 80.6 Å². The van der Waals surface area contributed by atoms with Crippen molar-refractivity contribution in [2.45, 2.75) is 45.8 Å². The molecule has 4 amide bonds. The van der Waals surface area contributed by atoms with Crippen molar-refractivity contribution in [1.29, 1.82) is 0 Å². The number of hydrogen-bond donors (Lipinski definition) is 3. The van der Waals surface area contributed by atoms with E-state index in [0.717, 1.165) is 27.5 Å². The molecule has 0 saturated heterocycles. The first-order valence-corrected chi connectivity index (χ1v) is 18.8. The average molecular weight is 761 g/mol. The number of rotatable bonds is 20. The maximum atomic E-state index is 15.1. The molecule has 1 atom stereocenters. The topological polar surface area (TPSA) is 125 Å². The Morgan fingerprint density at radius 3 is 1.98 bits per heavy atom. The smallest absolute Gasteiger partial charge is 0.329 e. The van der Waals surface area contributed by atoms with Gasteiger partial charge in [-0.15, -0.1) is 0 Å². The van der Waals surface area contributed by atoms with Gasteiger partial charge in [0.15, 0.2) is 6.29 Å². The van der Waals surface area contributed by atoms with Gasteiger partial charge >= 0.3 is 6.03 Å². The van der Waals surface area contributed by atoms with E-state index in [1.807, 2.05) is 141 Å². The van der Waals surface area contributed by atoms with E-state index in [2.05, 4.69) is 16.2 Å². The van der Waals surface area contributed by atoms with Crippen molar-refractivity contribution >= 4 is 34.3 Å². The number of urea groups is 1. The van der Waals surface area contributed by atoms with E-state index in [-0.39, 0.29) is 25.4 Å². The number of hydrogen-bond acceptors (Lipinski definition) is 8. The molecule has 0 spiro atoms. The summed E-state index contributed by atoms with van der Waals surface area (Å²) in [5, 5.41) is 7.56. The van der Waals surface area contributed by atoms with E-state index >= 15 is 4.79 Å². The normalized spacial score (nSPS) is 11.8. The molecule has 0 aliphatic heterocycles. The van der Waals surface area contributed by atoms with Crippen molar-refractivity contribution in [2.24, 2.45) is 0 Å². The SMILES string of the molecule is CCOC(CN(C(=O)C(Cc1ccc(OCc2ccccc2)cc1)N(C)NC(=O)CN(C)NC(=O)NCc1ccccc1)c1cccc2ccccc12)OCC. The Bertz CT molecular complexity index is 1970. The Morgan fingerprint density at radius 1 is 0.679 bits per heavy atom. The Kier molecular flexibility index (Phi) is 15.8. The fourth-order valence-corrected chi connectivity index (χ4v) is 6.24. The Hall–Kier alpha value is -5.79. The van der Waals surface area contributed by atoms with Crippen molar-refractivity contribution in [3.8, 4) is 5.75 Å². The number of anilines is 1. The third-order valence-electron chi connectivity index (χ3n) is 8.98. The maximum absolute atomic E-state index is 15.1. The van der Waals surface area contributed by atoms with Gasteiger partial charge in [0.25, 0.3) is 0 Å². The molecule has 1 unspecified atom stereocenters. The highest BCUT2D eigenvalue weighted by Gasteiger charge is 2.33. The second-order valence-electron chi connectivity index (χ2n) is 13.2. The van der Waals surface area contributed by atoms with Gasteiger partial charge in [-0.3, -0.25) is 20.4 Å². The number of fused-ring (bicyclic) bond motifs is 1. The largest absolute Gasteiger partial charge is 0.489 e. The number of carbonyl (C=O) groups is 3. The van der Waals surface area contributed by atoms with Gasteiger partial charge in [0.2, 0.25) is 11.8 Å². The highest BCUT2D eigenvalue weighted by molar-refractivity contribution is 6.05. The van der Waals surface area contributed by atoms with Gasteiger partial charge in [-0.1, -0.05) is 109 Å². The van der Waals surface area contributed by atoms with Gasteiger partial charge in [0, 0.05) is 39.2 Å². The van der Waals surface area contributed by atoms with Crippen LogP contribution in [0.4, 0.5) is 10.5 Å². The number of carbonyl (C=O) groups excluding carboxylic acids is 3. The number of hydrazine groups is 2. The van der Waals surface area contributed by atoms with Crippen LogP contribution in [-0.2, 0) is 38.6 Å². The first kappa shape index (κ1) is 41.4. The first-order valence-electron chi connectivity index (χ1n) is 18.8. The van der Waals surface area contributed by atoms with E-state index in [1.54, 1.807) is 19.0 Å². The molecule has 294 valence electrons. The second-order valence-corrected chi connectivity index (χ2v) is 13.2. The van der Waals surface area contributed by atoms with Gasteiger partial charge in [0.1, 0.15) is 18.4 Å². The van der Waals surface area contributed by atoms with Gasteiger partial charge in [-0.05, 0) is 60.5 Å². The van der Waals surface area contributed by atoms with Gasteiger partial charge in [-0.2, -0.15) is 0 Å². The summed E-state index contributed by atoms with van der Waals surface area (Å²) in [6.45, 7) is 5.25. The monoisotopic (exact) mass is 760 g/mol. The van der Waals surface area contributed by atoms with Crippen LogP contribution in [0.25, 0.3) is 10.8 Å². The van der Waals surface area contributed by atoms with Crippen molar-refractivity contribution in [3.05, 3.63) is 144 Å². The van der Waals surface area contributed by atoms with Crippen LogP contribution >= 0.6 is 0 Å². The molecule has 0 heterocycles. The van der Waals surface area contributed by atoms with E-state index in [1.165, 1.54) is 10.0 Å². The van der Waals surface area contributed by atoms with E-state index in [0.29, 0.717) is 37.8 Å². The molecule has 56 heavy (non-hydrogen) atoms. The average Bonchev–Trinajstić information content (AvgIpc) is 3.21. The molecule has 0 saturated carbocycles. The van der Waals surface area contributed by atoms with Crippen molar-refractivity contribution in [1.82, 2.24) is 26.2 Å². The fraction of sp³-hybridized carbons (Fsp3) is 0.295. The Labute approximate surface area is 329 Å². The summed E-state index contributed by atoms with van der Waals surface area (Å²) in [5.74, 6) is -0.0112. The highest BCUT2D eigenvalue weighted by atomic mass is 16.7. The summed E-state index contributed by atoms with van der Waals surface area (Å²) in [7, 11) is 3.26. The standard InChI is InChI=1S/C44H52N6O6/c1-5-54-42(55-6-2)31-50(39-23-15-21-36-20-13-14-22-38(36)39)43(52)40(28-33-24-26-37(27-25-33)56-32-35-18-11-8-12-19-35)49(4)46-41(51)30-48(3)47-44(53)45-29-34-16-9-7-10-17-34/h7-27,40,42H,5-6,28-32H2,1-4H3,(H,46,51)(H2,45,47,53). The van der Waals surface area contributed by atoms with E-state index in [4.69, 9.17) is 14.2 Å². The van der Waals surface area contributed by atoms with E-state index in [9.17, 15) is 9.59 Å². The van der Waals surface area contributed by atoms with Gasteiger partial charge in [-0.25, -0.2) is 14.8 Å². The summed E-state index contributed by atoms with van der Waals surface area (Å²) in [5.41, 5.74) is 9.10. The van der Waals surface area contributed by atoms with Crippen LogP contribution in [0.15, 0.2) is 127 Å². The number of ether oxygens (including phenoxy) is 3. The van der Waals surface area contributed by atoms with E-state index < -0.39 is 24.3 Å². The Morgan fingerprint density at radius 2 is 1.30 bits per heavy atom. The summed E-state index contributed by atoms with van der Waals surface area (Å²) < 4.78 is 17.9. The van der Waals surface area contributed by atoms with Gasteiger partial charge in [0.05, 0.1) is 18.8 Å². The molecule has 0 fully saturated rings. The third kappa shape index (κ3) is 12.4. The lowest BCUT2D eigenvalue weighted by molar-refractivity contribution is -0.139. The summed E-state index contributed by atoms with van der Waals surface area (Å²) in [6.07, 6.45) is -0.443. The lowest BCUT2D eigenvalue weighted by Gasteiger charge is -2.35. The molecule has 0 bridgehead atoms. The molecular formula is C44H52N6O6. The molecule has 0 aliphatic carbocycles. The molecule has 5 rings (SSSR count). The minimum absolute atomic E-state index is 0.115. The summed E-state index contributed by atoms with van der Waals surface area (Å²) in [6, 6.07) is 39.4. The van der Waals surface area contributed by atoms with Crippen LogP contribution in [0.3, 0.4) is 0 Å². The fourth-order valence-electron chi connectivity index (χ4n) is 6.24. The van der Waals surface area contributed by atoms with Crippen LogP contribution in [0.1, 0.15) is 30.5 Å². The molecule has 5 aromatic rings. The third-order valence-corrected chi connectivity index (χ3v) is 8.98. The molecule has 0 aliphatic rings. The first-order chi connectivity index (χ1) is 27.2. The lowest BCUT2D eigenvalue weighted by Crippen LogP contribution is -2.58. The van der Waals surface area contributed by atoms with Crippen LogP contribution < -0.4 is 25.8 Å². The minimum atomic E-state index is -0.870. The Balaban J connectivity index is 1.37.